The van der Waals surface area contributed by atoms with E-state index in [2.05, 4.69) is 0 Å². The summed E-state index contributed by atoms with van der Waals surface area (Å²) in [4.78, 5) is 0. The van der Waals surface area contributed by atoms with Crippen molar-refractivity contribution < 1.29 is 19.0 Å². The van der Waals surface area contributed by atoms with Gasteiger partial charge in [-0.3, -0.25) is 0 Å². The zero-order valence-corrected chi connectivity index (χ0v) is 10.6. The summed E-state index contributed by atoms with van der Waals surface area (Å²) in [6.07, 6.45) is 0. The zero-order chi connectivity index (χ0) is 13.7. The van der Waals surface area contributed by atoms with Crippen molar-refractivity contribution >= 4 is 0 Å². The first kappa shape index (κ1) is 13.4. The summed E-state index contributed by atoms with van der Waals surface area (Å²) in [6, 6.07) is 11.4. The number of ether oxygens (including phenoxy) is 2. The Morgan fingerprint density at radius 2 is 1.79 bits per heavy atom. The molecule has 0 fully saturated rings. The van der Waals surface area contributed by atoms with Crippen molar-refractivity contribution in [2.75, 3.05) is 6.61 Å². The Bertz CT molecular complexity index is 555. The van der Waals surface area contributed by atoms with Gasteiger partial charge in [0.2, 0.25) is 0 Å². The van der Waals surface area contributed by atoms with Gasteiger partial charge in [0.05, 0.1) is 13.2 Å². The summed E-state index contributed by atoms with van der Waals surface area (Å²) in [5.41, 5.74) is 0.503. The highest BCUT2D eigenvalue weighted by Gasteiger charge is 2.09. The van der Waals surface area contributed by atoms with Crippen molar-refractivity contribution in [3.8, 4) is 17.2 Å². The Hall–Kier alpha value is -2.07. The summed E-state index contributed by atoms with van der Waals surface area (Å²) in [6.45, 7) is 2.17. The van der Waals surface area contributed by atoms with Crippen LogP contribution in [0.5, 0.6) is 17.2 Å². The van der Waals surface area contributed by atoms with Crippen LogP contribution in [-0.4, -0.2) is 11.7 Å². The topological polar surface area (TPSA) is 38.7 Å². The Labute approximate surface area is 111 Å². The SMILES string of the molecule is CCOc1ccccc1Oc1ccc(CO)cc1F. The van der Waals surface area contributed by atoms with Gasteiger partial charge in [0.1, 0.15) is 0 Å². The van der Waals surface area contributed by atoms with Crippen molar-refractivity contribution in [2.24, 2.45) is 0 Å². The second kappa shape index (κ2) is 6.20. The van der Waals surface area contributed by atoms with Crippen LogP contribution in [0, 0.1) is 5.82 Å². The number of hydrogen-bond acceptors (Lipinski definition) is 3. The first-order valence-electron chi connectivity index (χ1n) is 6.03. The maximum atomic E-state index is 13.8. The van der Waals surface area contributed by atoms with Crippen LogP contribution in [0.3, 0.4) is 0 Å². The minimum atomic E-state index is -0.516. The van der Waals surface area contributed by atoms with Crippen molar-refractivity contribution in [1.82, 2.24) is 0 Å². The van der Waals surface area contributed by atoms with Gasteiger partial charge in [-0.25, -0.2) is 4.39 Å². The van der Waals surface area contributed by atoms with E-state index < -0.39 is 5.82 Å². The lowest BCUT2D eigenvalue weighted by Crippen LogP contribution is -1.96. The number of aliphatic hydroxyl groups is 1. The van der Waals surface area contributed by atoms with E-state index in [0.29, 0.717) is 23.7 Å². The van der Waals surface area contributed by atoms with Gasteiger partial charge in [0.25, 0.3) is 0 Å². The number of hydrogen-bond donors (Lipinski definition) is 1. The van der Waals surface area contributed by atoms with Gasteiger partial charge in [-0.1, -0.05) is 18.2 Å². The minimum absolute atomic E-state index is 0.101. The highest BCUT2D eigenvalue weighted by atomic mass is 19.1. The van der Waals surface area contributed by atoms with Gasteiger partial charge in [-0.2, -0.15) is 0 Å². The highest BCUT2D eigenvalue weighted by Crippen LogP contribution is 2.32. The maximum absolute atomic E-state index is 13.8. The molecule has 0 bridgehead atoms. The Morgan fingerprint density at radius 3 is 2.42 bits per heavy atom. The third-order valence-corrected chi connectivity index (χ3v) is 2.55. The number of halogens is 1. The smallest absolute Gasteiger partial charge is 0.169 e. The molecule has 0 aliphatic carbocycles. The van der Waals surface area contributed by atoms with Crippen LogP contribution in [0.25, 0.3) is 0 Å². The first-order chi connectivity index (χ1) is 9.24. The molecule has 0 aliphatic heterocycles. The van der Waals surface area contributed by atoms with Gasteiger partial charge in [0, 0.05) is 0 Å². The molecule has 2 rings (SSSR count). The van der Waals surface area contributed by atoms with Crippen LogP contribution >= 0.6 is 0 Å². The number of para-hydroxylation sites is 2. The van der Waals surface area contributed by atoms with Gasteiger partial charge in [-0.15, -0.1) is 0 Å². The van der Waals surface area contributed by atoms with E-state index in [-0.39, 0.29) is 12.4 Å². The van der Waals surface area contributed by atoms with E-state index >= 15 is 0 Å². The van der Waals surface area contributed by atoms with Crippen LogP contribution in [0.1, 0.15) is 12.5 Å². The van der Waals surface area contributed by atoms with Gasteiger partial charge in [-0.05, 0) is 36.8 Å². The van der Waals surface area contributed by atoms with Gasteiger partial charge < -0.3 is 14.6 Å². The molecule has 1 N–H and O–H groups in total. The van der Waals surface area contributed by atoms with Crippen LogP contribution in [0.15, 0.2) is 42.5 Å². The Kier molecular flexibility index (Phi) is 4.36. The fourth-order valence-electron chi connectivity index (χ4n) is 1.65. The van der Waals surface area contributed by atoms with Gasteiger partial charge in [0.15, 0.2) is 23.1 Å². The molecular weight excluding hydrogens is 247 g/mol. The molecule has 2 aromatic rings. The minimum Gasteiger partial charge on any atom is -0.490 e. The lowest BCUT2D eigenvalue weighted by atomic mass is 10.2. The summed E-state index contributed by atoms with van der Waals surface area (Å²) < 4.78 is 24.7. The summed E-state index contributed by atoms with van der Waals surface area (Å²) in [5, 5.41) is 8.93. The maximum Gasteiger partial charge on any atom is 0.169 e. The highest BCUT2D eigenvalue weighted by molar-refractivity contribution is 5.43. The quantitative estimate of drug-likeness (QED) is 0.896. The molecule has 0 spiro atoms. The number of aliphatic hydroxyl groups excluding tert-OH is 1. The van der Waals surface area contributed by atoms with E-state index in [1.165, 1.54) is 12.1 Å². The molecule has 4 heteroatoms. The molecule has 0 saturated heterocycles. The standard InChI is InChI=1S/C15H15FO3/c1-2-18-14-5-3-4-6-15(14)19-13-8-7-11(10-17)9-12(13)16/h3-9,17H,2,10H2,1H3. The van der Waals surface area contributed by atoms with Crippen molar-refractivity contribution in [1.29, 1.82) is 0 Å². The van der Waals surface area contributed by atoms with E-state index in [4.69, 9.17) is 14.6 Å². The molecule has 100 valence electrons. The molecule has 0 amide bonds. The number of benzene rings is 2. The first-order valence-corrected chi connectivity index (χ1v) is 6.03. The fraction of sp³-hybridized carbons (Fsp3) is 0.200. The molecule has 3 nitrogen and oxygen atoms in total. The predicted octanol–water partition coefficient (Wildman–Crippen LogP) is 3.51. The molecule has 19 heavy (non-hydrogen) atoms. The third-order valence-electron chi connectivity index (χ3n) is 2.55. The molecule has 0 heterocycles. The van der Waals surface area contributed by atoms with Crippen molar-refractivity contribution in [3.63, 3.8) is 0 Å². The average molecular weight is 262 g/mol. The summed E-state index contributed by atoms with van der Waals surface area (Å²) in [5.74, 6) is 0.609. The predicted molar refractivity (Wildman–Crippen MR) is 70.0 cm³/mol. The Morgan fingerprint density at radius 1 is 1.05 bits per heavy atom. The average Bonchev–Trinajstić information content (AvgIpc) is 2.43. The number of rotatable bonds is 5. The van der Waals surface area contributed by atoms with Gasteiger partial charge >= 0.3 is 0 Å². The Balaban J connectivity index is 2.26. The normalized spacial score (nSPS) is 10.3. The summed E-state index contributed by atoms with van der Waals surface area (Å²) in [7, 11) is 0. The van der Waals surface area contributed by atoms with E-state index in [1.807, 2.05) is 13.0 Å². The second-order valence-corrected chi connectivity index (χ2v) is 3.90. The van der Waals surface area contributed by atoms with Crippen LogP contribution in [0.4, 0.5) is 4.39 Å². The largest absolute Gasteiger partial charge is 0.490 e. The second-order valence-electron chi connectivity index (χ2n) is 3.90. The van der Waals surface area contributed by atoms with E-state index in [0.717, 1.165) is 0 Å². The monoisotopic (exact) mass is 262 g/mol. The van der Waals surface area contributed by atoms with Crippen molar-refractivity contribution in [3.05, 3.63) is 53.8 Å². The molecule has 0 aromatic heterocycles. The lowest BCUT2D eigenvalue weighted by Gasteiger charge is -2.12. The molecule has 0 unspecified atom stereocenters. The fourth-order valence-corrected chi connectivity index (χ4v) is 1.65. The van der Waals surface area contributed by atoms with E-state index in [1.54, 1.807) is 24.3 Å². The van der Waals surface area contributed by atoms with Crippen LogP contribution < -0.4 is 9.47 Å². The lowest BCUT2D eigenvalue weighted by molar-refractivity contribution is 0.280. The van der Waals surface area contributed by atoms with Crippen LogP contribution in [-0.2, 0) is 6.61 Å². The molecule has 0 saturated carbocycles. The molecule has 0 atom stereocenters. The zero-order valence-electron chi connectivity index (χ0n) is 10.6. The molecule has 2 aromatic carbocycles. The van der Waals surface area contributed by atoms with E-state index in [9.17, 15) is 4.39 Å². The van der Waals surface area contributed by atoms with Crippen LogP contribution in [0.2, 0.25) is 0 Å². The molecular formula is C15H15FO3. The molecule has 0 aliphatic rings. The van der Waals surface area contributed by atoms with Crippen molar-refractivity contribution in [2.45, 2.75) is 13.5 Å². The third kappa shape index (κ3) is 3.23. The molecule has 0 radical (unpaired) electrons. The summed E-state index contributed by atoms with van der Waals surface area (Å²) >= 11 is 0.